The average molecular weight is 418 g/mol. The molecule has 0 saturated heterocycles. The number of rotatable bonds is 6. The number of halogens is 3. The molecule has 9 heteroatoms. The standard InChI is InChI=1S/C18H22ClF2N3O2S/c1-22-9-2-3-10-23-12-13-11-14(19)7-8-17(13)24(27(23,25)26)18-15(20)5-4-6-16(18)21/h4-8,11,22,25-26H,2-3,9-10,12H2,1H3. The Morgan fingerprint density at radius 2 is 1.85 bits per heavy atom. The van der Waals surface area contributed by atoms with Crippen molar-refractivity contribution in [3.63, 3.8) is 0 Å². The number of hydrogen-bond donors (Lipinski definition) is 3. The highest BCUT2D eigenvalue weighted by atomic mass is 35.5. The van der Waals surface area contributed by atoms with Gasteiger partial charge in [0.1, 0.15) is 5.69 Å². The van der Waals surface area contributed by atoms with Crippen molar-refractivity contribution in [1.82, 2.24) is 9.62 Å². The van der Waals surface area contributed by atoms with Gasteiger partial charge in [-0.05, 0) is 73.3 Å². The van der Waals surface area contributed by atoms with Crippen LogP contribution in [0.5, 0.6) is 0 Å². The van der Waals surface area contributed by atoms with Crippen molar-refractivity contribution in [1.29, 1.82) is 0 Å². The first-order valence-corrected chi connectivity index (χ1v) is 10.4. The molecule has 0 spiro atoms. The molecule has 0 fully saturated rings. The minimum atomic E-state index is -3.65. The maximum atomic E-state index is 14.5. The number of hydrogen-bond acceptors (Lipinski definition) is 5. The third-order valence-electron chi connectivity index (χ3n) is 4.42. The van der Waals surface area contributed by atoms with Crippen molar-refractivity contribution in [3.8, 4) is 0 Å². The Balaban J connectivity index is 2.06. The topological polar surface area (TPSA) is 59.0 Å². The van der Waals surface area contributed by atoms with E-state index in [4.69, 9.17) is 11.6 Å². The fraction of sp³-hybridized carbons (Fsp3) is 0.333. The van der Waals surface area contributed by atoms with E-state index in [2.05, 4.69) is 5.32 Å². The molecule has 0 aromatic heterocycles. The second kappa shape index (κ2) is 8.30. The summed E-state index contributed by atoms with van der Waals surface area (Å²) < 4.78 is 53.3. The lowest BCUT2D eigenvalue weighted by atomic mass is 10.1. The Kier molecular flexibility index (Phi) is 6.25. The van der Waals surface area contributed by atoms with E-state index in [0.717, 1.165) is 29.4 Å². The Morgan fingerprint density at radius 3 is 2.52 bits per heavy atom. The first kappa shape index (κ1) is 20.3. The summed E-state index contributed by atoms with van der Waals surface area (Å²) in [5, 5.41) is 3.50. The van der Waals surface area contributed by atoms with E-state index in [1.165, 1.54) is 10.4 Å². The van der Waals surface area contributed by atoms with Crippen LogP contribution in [0.3, 0.4) is 0 Å². The molecule has 1 heterocycles. The molecule has 0 saturated carbocycles. The third kappa shape index (κ3) is 4.06. The normalized spacial score (nSPS) is 17.6. The lowest BCUT2D eigenvalue weighted by Gasteiger charge is -2.53. The van der Waals surface area contributed by atoms with Gasteiger partial charge in [0.15, 0.2) is 11.6 Å². The first-order chi connectivity index (χ1) is 12.9. The van der Waals surface area contributed by atoms with Crippen molar-refractivity contribution in [3.05, 3.63) is 58.6 Å². The molecule has 0 atom stereocenters. The summed E-state index contributed by atoms with van der Waals surface area (Å²) in [4.78, 5) is 0. The molecule has 5 nitrogen and oxygen atoms in total. The molecule has 2 aromatic rings. The fourth-order valence-corrected chi connectivity index (χ4v) is 5.09. The third-order valence-corrected chi connectivity index (χ3v) is 6.53. The second-order valence-corrected chi connectivity index (χ2v) is 8.60. The molecule has 0 radical (unpaired) electrons. The molecule has 148 valence electrons. The van der Waals surface area contributed by atoms with Gasteiger partial charge in [0.2, 0.25) is 0 Å². The number of unbranched alkanes of at least 4 members (excludes halogenated alkanes) is 1. The van der Waals surface area contributed by atoms with E-state index in [0.29, 0.717) is 29.2 Å². The van der Waals surface area contributed by atoms with Crippen molar-refractivity contribution in [2.45, 2.75) is 19.4 Å². The van der Waals surface area contributed by atoms with Crippen LogP contribution in [-0.2, 0) is 6.54 Å². The van der Waals surface area contributed by atoms with Gasteiger partial charge in [0.05, 0.1) is 5.69 Å². The average Bonchev–Trinajstić information content (AvgIpc) is 2.61. The van der Waals surface area contributed by atoms with Gasteiger partial charge in [-0.15, -0.1) is 0 Å². The van der Waals surface area contributed by atoms with Crippen LogP contribution in [0.1, 0.15) is 18.4 Å². The quantitative estimate of drug-likeness (QED) is 0.567. The minimum Gasteiger partial charge on any atom is -0.320 e. The molecule has 0 aliphatic carbocycles. The second-order valence-electron chi connectivity index (χ2n) is 6.30. The van der Waals surface area contributed by atoms with E-state index < -0.39 is 28.3 Å². The van der Waals surface area contributed by atoms with Gasteiger partial charge in [-0.3, -0.25) is 9.11 Å². The summed E-state index contributed by atoms with van der Waals surface area (Å²) in [6.07, 6.45) is 1.53. The molecule has 1 aliphatic rings. The van der Waals surface area contributed by atoms with E-state index >= 15 is 0 Å². The zero-order chi connectivity index (χ0) is 19.6. The van der Waals surface area contributed by atoms with Crippen LogP contribution in [0.4, 0.5) is 20.2 Å². The van der Waals surface area contributed by atoms with Crippen molar-refractivity contribution >= 4 is 33.9 Å². The number of nitrogens with one attached hydrogen (secondary N) is 1. The number of benzene rings is 2. The maximum Gasteiger partial charge on any atom is 0.151 e. The van der Waals surface area contributed by atoms with Crippen LogP contribution in [0.25, 0.3) is 0 Å². The Bertz CT molecular complexity index is 805. The Morgan fingerprint density at radius 1 is 1.15 bits per heavy atom. The summed E-state index contributed by atoms with van der Waals surface area (Å²) >= 11 is 6.09. The van der Waals surface area contributed by atoms with Crippen LogP contribution in [0.15, 0.2) is 36.4 Å². The van der Waals surface area contributed by atoms with E-state index in [1.807, 2.05) is 7.05 Å². The van der Waals surface area contributed by atoms with Gasteiger partial charge in [-0.2, -0.15) is 4.31 Å². The highest BCUT2D eigenvalue weighted by Crippen LogP contribution is 2.59. The first-order valence-electron chi connectivity index (χ1n) is 8.57. The van der Waals surface area contributed by atoms with Crippen LogP contribution in [-0.4, -0.2) is 33.5 Å². The van der Waals surface area contributed by atoms with Gasteiger partial charge in [-0.25, -0.2) is 13.1 Å². The predicted molar refractivity (Wildman–Crippen MR) is 106 cm³/mol. The number of nitrogens with zero attached hydrogens (tertiary/aromatic N) is 2. The van der Waals surface area contributed by atoms with Crippen molar-refractivity contribution in [2.24, 2.45) is 0 Å². The summed E-state index contributed by atoms with van der Waals surface area (Å²) in [6, 6.07) is 8.21. The van der Waals surface area contributed by atoms with Crippen molar-refractivity contribution in [2.75, 3.05) is 24.4 Å². The molecule has 0 amide bonds. The molecule has 2 aromatic carbocycles. The molecular weight excluding hydrogens is 396 g/mol. The Hall–Kier alpha value is -1.42. The van der Waals surface area contributed by atoms with Crippen LogP contribution in [0.2, 0.25) is 5.02 Å². The van der Waals surface area contributed by atoms with E-state index in [1.54, 1.807) is 18.2 Å². The molecular formula is C18H22ClF2N3O2S. The number of anilines is 2. The maximum absolute atomic E-state index is 14.5. The molecule has 0 bridgehead atoms. The zero-order valence-corrected chi connectivity index (χ0v) is 16.4. The van der Waals surface area contributed by atoms with Gasteiger partial charge < -0.3 is 5.32 Å². The predicted octanol–water partition coefficient (Wildman–Crippen LogP) is 5.15. The fourth-order valence-electron chi connectivity index (χ4n) is 3.12. The smallest absolute Gasteiger partial charge is 0.151 e. The van der Waals surface area contributed by atoms with Crippen molar-refractivity contribution < 1.29 is 17.9 Å². The van der Waals surface area contributed by atoms with Gasteiger partial charge in [0.25, 0.3) is 0 Å². The summed E-state index contributed by atoms with van der Waals surface area (Å²) in [5.74, 6) is -1.74. The highest BCUT2D eigenvalue weighted by molar-refractivity contribution is 8.23. The van der Waals surface area contributed by atoms with Gasteiger partial charge >= 0.3 is 0 Å². The van der Waals surface area contributed by atoms with Crippen LogP contribution < -0.4 is 9.62 Å². The minimum absolute atomic E-state index is 0.227. The largest absolute Gasteiger partial charge is 0.320 e. The number of para-hydroxylation sites is 1. The van der Waals surface area contributed by atoms with E-state index in [-0.39, 0.29) is 6.54 Å². The lowest BCUT2D eigenvalue weighted by Crippen LogP contribution is -2.42. The molecule has 27 heavy (non-hydrogen) atoms. The van der Waals surface area contributed by atoms with Crippen LogP contribution >= 0.6 is 22.6 Å². The lowest BCUT2D eigenvalue weighted by molar-refractivity contribution is 0.329. The SMILES string of the molecule is CNCCCCN1Cc2cc(Cl)ccc2N(c2c(F)cccc2F)S1(O)O. The number of fused-ring (bicyclic) bond motifs is 1. The summed E-state index contributed by atoms with van der Waals surface area (Å²) in [6.45, 7) is 1.38. The van der Waals surface area contributed by atoms with Gasteiger partial charge in [0, 0.05) is 18.1 Å². The molecule has 3 N–H and O–H groups in total. The molecule has 1 aliphatic heterocycles. The van der Waals surface area contributed by atoms with Crippen LogP contribution in [0, 0.1) is 11.6 Å². The van der Waals surface area contributed by atoms with E-state index in [9.17, 15) is 17.9 Å². The zero-order valence-electron chi connectivity index (χ0n) is 14.8. The summed E-state index contributed by atoms with van der Waals surface area (Å²) in [5.41, 5.74) is 0.515. The molecule has 3 rings (SSSR count). The molecule has 0 unspecified atom stereocenters. The Labute approximate surface area is 164 Å². The monoisotopic (exact) mass is 417 g/mol. The summed E-state index contributed by atoms with van der Waals surface area (Å²) in [7, 11) is -1.81. The highest BCUT2D eigenvalue weighted by Gasteiger charge is 2.40. The van der Waals surface area contributed by atoms with Gasteiger partial charge in [-0.1, -0.05) is 17.7 Å².